The second-order valence-corrected chi connectivity index (χ2v) is 9.48. The molecule has 0 bridgehead atoms. The summed E-state index contributed by atoms with van der Waals surface area (Å²) < 4.78 is 38.7. The number of methoxy groups -OCH3 is 1. The zero-order valence-electron chi connectivity index (χ0n) is 19.4. The van der Waals surface area contributed by atoms with E-state index in [1.165, 1.54) is 19.2 Å². The van der Waals surface area contributed by atoms with Gasteiger partial charge in [-0.05, 0) is 47.9 Å². The number of hydrogen-bond acceptors (Lipinski definition) is 6. The van der Waals surface area contributed by atoms with E-state index in [-0.39, 0.29) is 30.2 Å². The Kier molecular flexibility index (Phi) is 8.45. The van der Waals surface area contributed by atoms with Crippen molar-refractivity contribution < 1.29 is 27.5 Å². The zero-order chi connectivity index (χ0) is 25.4. The molecule has 3 rings (SSSR count). The average molecular weight is 498 g/mol. The molecule has 3 aromatic rings. The van der Waals surface area contributed by atoms with E-state index in [4.69, 9.17) is 15.2 Å². The number of nitrogens with one attached hydrogen (secondary N) is 2. The molecule has 35 heavy (non-hydrogen) atoms. The quantitative estimate of drug-likeness (QED) is 0.372. The molecular weight excluding hydrogens is 470 g/mol. The van der Waals surface area contributed by atoms with E-state index in [0.717, 1.165) is 5.56 Å². The van der Waals surface area contributed by atoms with Crippen molar-refractivity contribution in [3.05, 3.63) is 89.0 Å². The molecule has 0 aromatic heterocycles. The fraction of sp³-hybridized carbons (Fsp3) is 0.200. The van der Waals surface area contributed by atoms with E-state index in [1.54, 1.807) is 31.2 Å². The van der Waals surface area contributed by atoms with Crippen LogP contribution in [0, 0.1) is 6.92 Å². The lowest BCUT2D eigenvalue weighted by molar-refractivity contribution is -0.119. The summed E-state index contributed by atoms with van der Waals surface area (Å²) in [6.45, 7) is 1.75. The highest BCUT2D eigenvalue weighted by Gasteiger charge is 2.18. The smallest absolute Gasteiger partial charge is 0.255 e. The molecular formula is C25H27N3O6S. The predicted molar refractivity (Wildman–Crippen MR) is 131 cm³/mol. The molecule has 10 heteroatoms. The van der Waals surface area contributed by atoms with Crippen molar-refractivity contribution in [2.45, 2.75) is 24.9 Å². The van der Waals surface area contributed by atoms with Crippen molar-refractivity contribution in [3.63, 3.8) is 0 Å². The number of carbonyl (C=O) groups is 2. The summed E-state index contributed by atoms with van der Waals surface area (Å²) in [5.41, 5.74) is 7.52. The number of aryl methyl sites for hydroxylation is 1. The molecule has 3 aromatic carbocycles. The molecule has 184 valence electrons. The minimum atomic E-state index is -3.82. The van der Waals surface area contributed by atoms with Gasteiger partial charge in [-0.15, -0.1) is 0 Å². The van der Waals surface area contributed by atoms with Crippen molar-refractivity contribution >= 4 is 21.8 Å². The summed E-state index contributed by atoms with van der Waals surface area (Å²) >= 11 is 0. The summed E-state index contributed by atoms with van der Waals surface area (Å²) in [5.74, 6) is -0.307. The largest absolute Gasteiger partial charge is 0.493 e. The van der Waals surface area contributed by atoms with Crippen LogP contribution in [0.5, 0.6) is 11.5 Å². The van der Waals surface area contributed by atoms with Crippen LogP contribution in [0.25, 0.3) is 0 Å². The first-order valence-electron chi connectivity index (χ1n) is 10.7. The van der Waals surface area contributed by atoms with Gasteiger partial charge >= 0.3 is 0 Å². The summed E-state index contributed by atoms with van der Waals surface area (Å²) in [7, 11) is -2.36. The van der Waals surface area contributed by atoms with Gasteiger partial charge in [-0.25, -0.2) is 13.1 Å². The van der Waals surface area contributed by atoms with Crippen LogP contribution in [0.1, 0.15) is 27.0 Å². The number of amides is 2. The van der Waals surface area contributed by atoms with E-state index in [2.05, 4.69) is 10.0 Å². The minimum Gasteiger partial charge on any atom is -0.493 e. The standard InChI is InChI=1S/C25H27N3O6S/c1-17-8-10-20(35(31,32)28-15-18-6-4-3-5-7-18)13-21(17)25(30)27-14-19-9-11-22(23(12-19)33-2)34-16-24(26)29/h3-13,28H,14-16H2,1-2H3,(H2,26,29)(H,27,30). The Balaban J connectivity index is 1.69. The molecule has 0 fully saturated rings. The molecule has 0 aliphatic carbocycles. The topological polar surface area (TPSA) is 137 Å². The lowest BCUT2D eigenvalue weighted by Crippen LogP contribution is -2.26. The molecule has 0 heterocycles. The maximum atomic E-state index is 12.9. The Labute approximate surface area is 204 Å². The van der Waals surface area contributed by atoms with Crippen LogP contribution < -0.4 is 25.2 Å². The molecule has 2 amide bonds. The molecule has 0 unspecified atom stereocenters. The van der Waals surface area contributed by atoms with Gasteiger partial charge in [-0.2, -0.15) is 0 Å². The van der Waals surface area contributed by atoms with Gasteiger partial charge in [-0.3, -0.25) is 9.59 Å². The predicted octanol–water partition coefficient (Wildman–Crippen LogP) is 2.28. The maximum Gasteiger partial charge on any atom is 0.255 e. The lowest BCUT2D eigenvalue weighted by atomic mass is 10.1. The van der Waals surface area contributed by atoms with Gasteiger partial charge in [0.15, 0.2) is 18.1 Å². The number of hydrogen-bond donors (Lipinski definition) is 3. The fourth-order valence-corrected chi connectivity index (χ4v) is 4.28. The molecule has 0 radical (unpaired) electrons. The van der Waals surface area contributed by atoms with Crippen LogP contribution in [0.3, 0.4) is 0 Å². The van der Waals surface area contributed by atoms with Gasteiger partial charge in [0.2, 0.25) is 10.0 Å². The fourth-order valence-electron chi connectivity index (χ4n) is 3.24. The van der Waals surface area contributed by atoms with E-state index in [9.17, 15) is 18.0 Å². The van der Waals surface area contributed by atoms with Gasteiger partial charge < -0.3 is 20.5 Å². The number of sulfonamides is 1. The first-order chi connectivity index (χ1) is 16.7. The van der Waals surface area contributed by atoms with Gasteiger partial charge in [0, 0.05) is 18.7 Å². The summed E-state index contributed by atoms with van der Waals surface area (Å²) in [6, 6.07) is 18.6. The van der Waals surface area contributed by atoms with Gasteiger partial charge in [0.1, 0.15) is 0 Å². The molecule has 0 saturated carbocycles. The van der Waals surface area contributed by atoms with Gasteiger partial charge in [0.25, 0.3) is 11.8 Å². The SMILES string of the molecule is COc1cc(CNC(=O)c2cc(S(=O)(=O)NCc3ccccc3)ccc2C)ccc1OCC(N)=O. The highest BCUT2D eigenvalue weighted by Crippen LogP contribution is 2.28. The highest BCUT2D eigenvalue weighted by molar-refractivity contribution is 7.89. The van der Waals surface area contributed by atoms with Crippen LogP contribution in [0.4, 0.5) is 0 Å². The molecule has 9 nitrogen and oxygen atoms in total. The van der Waals surface area contributed by atoms with Crippen molar-refractivity contribution in [2.75, 3.05) is 13.7 Å². The number of primary amides is 1. The highest BCUT2D eigenvalue weighted by atomic mass is 32.2. The molecule has 0 atom stereocenters. The normalized spacial score (nSPS) is 11.0. The lowest BCUT2D eigenvalue weighted by Gasteiger charge is -2.13. The van der Waals surface area contributed by atoms with Crippen molar-refractivity contribution in [3.8, 4) is 11.5 Å². The maximum absolute atomic E-state index is 12.9. The molecule has 0 spiro atoms. The van der Waals surface area contributed by atoms with E-state index < -0.39 is 21.8 Å². The van der Waals surface area contributed by atoms with E-state index in [1.807, 2.05) is 30.3 Å². The summed E-state index contributed by atoms with van der Waals surface area (Å²) in [6.07, 6.45) is 0. The molecule has 4 N–H and O–H groups in total. The Morgan fingerprint density at radius 3 is 2.34 bits per heavy atom. The second-order valence-electron chi connectivity index (χ2n) is 7.71. The number of carbonyl (C=O) groups excluding carboxylic acids is 2. The van der Waals surface area contributed by atoms with Crippen LogP contribution in [-0.2, 0) is 27.9 Å². The van der Waals surface area contributed by atoms with Crippen LogP contribution in [-0.4, -0.2) is 33.9 Å². The van der Waals surface area contributed by atoms with Crippen molar-refractivity contribution in [2.24, 2.45) is 5.73 Å². The zero-order valence-corrected chi connectivity index (χ0v) is 20.2. The van der Waals surface area contributed by atoms with Crippen LogP contribution in [0.15, 0.2) is 71.6 Å². The monoisotopic (exact) mass is 497 g/mol. The first kappa shape index (κ1) is 25.7. The number of rotatable bonds is 11. The molecule has 0 aliphatic rings. The van der Waals surface area contributed by atoms with Gasteiger partial charge in [-0.1, -0.05) is 42.5 Å². The number of nitrogens with two attached hydrogens (primary N) is 1. The van der Waals surface area contributed by atoms with E-state index >= 15 is 0 Å². The van der Waals surface area contributed by atoms with Crippen molar-refractivity contribution in [1.82, 2.24) is 10.0 Å². The van der Waals surface area contributed by atoms with Crippen LogP contribution >= 0.6 is 0 Å². The summed E-state index contributed by atoms with van der Waals surface area (Å²) in [4.78, 5) is 23.8. The van der Waals surface area contributed by atoms with Gasteiger partial charge in [0.05, 0.1) is 12.0 Å². The molecule has 0 saturated heterocycles. The van der Waals surface area contributed by atoms with Crippen LogP contribution in [0.2, 0.25) is 0 Å². The second kappa shape index (κ2) is 11.5. The Morgan fingerprint density at radius 2 is 1.66 bits per heavy atom. The number of benzene rings is 3. The van der Waals surface area contributed by atoms with Crippen molar-refractivity contribution in [1.29, 1.82) is 0 Å². The number of ether oxygens (including phenoxy) is 2. The third-order valence-electron chi connectivity index (χ3n) is 5.12. The first-order valence-corrected chi connectivity index (χ1v) is 12.2. The third kappa shape index (κ3) is 7.05. The Hall–Kier alpha value is -3.89. The Bertz CT molecular complexity index is 1310. The average Bonchev–Trinajstić information content (AvgIpc) is 2.85. The summed E-state index contributed by atoms with van der Waals surface area (Å²) in [5, 5.41) is 2.79. The Morgan fingerprint density at radius 1 is 0.914 bits per heavy atom. The minimum absolute atomic E-state index is 0.00167. The molecule has 0 aliphatic heterocycles. The third-order valence-corrected chi connectivity index (χ3v) is 6.52. The van der Waals surface area contributed by atoms with E-state index in [0.29, 0.717) is 22.6 Å².